The fraction of sp³-hybridized carbons (Fsp3) is 0.800. The number of hydrogen-bond donors (Lipinski definition) is 1. The number of nitrogens with zero attached hydrogens (tertiary/aromatic N) is 1. The van der Waals surface area contributed by atoms with Crippen LogP contribution >= 0.6 is 11.8 Å². The zero-order valence-corrected chi connectivity index (χ0v) is 9.49. The van der Waals surface area contributed by atoms with Gasteiger partial charge in [-0.15, -0.1) is 0 Å². The molecule has 0 aromatic carbocycles. The van der Waals surface area contributed by atoms with Gasteiger partial charge in [0.2, 0.25) is 0 Å². The van der Waals surface area contributed by atoms with Crippen molar-refractivity contribution >= 4 is 11.8 Å². The van der Waals surface area contributed by atoms with Crippen molar-refractivity contribution in [1.82, 2.24) is 4.90 Å². The molecule has 0 atom stereocenters. The van der Waals surface area contributed by atoms with E-state index in [0.717, 1.165) is 18.7 Å². The zero-order chi connectivity index (χ0) is 9.90. The van der Waals surface area contributed by atoms with E-state index >= 15 is 0 Å². The molecule has 1 heterocycles. The van der Waals surface area contributed by atoms with Gasteiger partial charge < -0.3 is 5.73 Å². The first-order valence-electron chi connectivity index (χ1n) is 4.76. The highest BCUT2D eigenvalue weighted by atomic mass is 32.2. The summed E-state index contributed by atoms with van der Waals surface area (Å²) in [7, 11) is 0. The van der Waals surface area contributed by atoms with Crippen molar-refractivity contribution in [3.63, 3.8) is 0 Å². The topological polar surface area (TPSA) is 29.3 Å². The Morgan fingerprint density at radius 1 is 1.62 bits per heavy atom. The van der Waals surface area contributed by atoms with E-state index < -0.39 is 0 Å². The van der Waals surface area contributed by atoms with E-state index in [1.165, 1.54) is 12.3 Å². The quantitative estimate of drug-likeness (QED) is 0.697. The second-order valence-corrected chi connectivity index (χ2v) is 6.08. The summed E-state index contributed by atoms with van der Waals surface area (Å²) in [5.74, 6) is 1.23. The molecule has 0 aromatic heterocycles. The summed E-state index contributed by atoms with van der Waals surface area (Å²) in [6, 6.07) is 0. The number of thioether (sulfide) groups is 1. The average molecular weight is 200 g/mol. The van der Waals surface area contributed by atoms with Crippen LogP contribution in [0.25, 0.3) is 0 Å². The predicted octanol–water partition coefficient (Wildman–Crippen LogP) is 1.33. The maximum atomic E-state index is 5.53. The van der Waals surface area contributed by atoms with Crippen molar-refractivity contribution in [3.8, 4) is 0 Å². The van der Waals surface area contributed by atoms with E-state index in [9.17, 15) is 0 Å². The molecule has 0 amide bonds. The molecule has 0 aliphatic carbocycles. The van der Waals surface area contributed by atoms with Crippen LogP contribution in [0.15, 0.2) is 12.2 Å². The molecule has 0 bridgehead atoms. The Labute approximate surface area is 85.6 Å². The maximum absolute atomic E-state index is 5.53. The molecule has 13 heavy (non-hydrogen) atoms. The first kappa shape index (κ1) is 11.1. The Morgan fingerprint density at radius 2 is 2.31 bits per heavy atom. The zero-order valence-electron chi connectivity index (χ0n) is 8.68. The second-order valence-electron chi connectivity index (χ2n) is 4.27. The Hall–Kier alpha value is 0.0100. The first-order valence-corrected chi connectivity index (χ1v) is 5.75. The molecule has 1 aliphatic heterocycles. The van der Waals surface area contributed by atoms with Gasteiger partial charge in [0.25, 0.3) is 0 Å². The highest BCUT2D eigenvalue weighted by Gasteiger charge is 2.26. The minimum Gasteiger partial charge on any atom is -0.327 e. The molecule has 0 radical (unpaired) electrons. The molecule has 0 saturated carbocycles. The Kier molecular flexibility index (Phi) is 3.83. The molecule has 76 valence electrons. The Morgan fingerprint density at radius 3 is 2.85 bits per heavy atom. The minimum absolute atomic E-state index is 0.396. The SMILES string of the molecule is C=C(CN)CN1CCSC(C)(C)C1. The van der Waals surface area contributed by atoms with Crippen LogP contribution in [-0.4, -0.2) is 41.6 Å². The van der Waals surface area contributed by atoms with Crippen LogP contribution in [0.1, 0.15) is 13.8 Å². The van der Waals surface area contributed by atoms with Crippen LogP contribution in [0.4, 0.5) is 0 Å². The molecular formula is C10H20N2S. The van der Waals surface area contributed by atoms with E-state index in [2.05, 4.69) is 37.1 Å². The minimum atomic E-state index is 0.396. The molecule has 0 unspecified atom stereocenters. The standard InChI is InChI=1S/C10H20N2S/c1-9(6-11)7-12-4-5-13-10(2,3)8-12/h1,4-8,11H2,2-3H3. The first-order chi connectivity index (χ1) is 6.03. The summed E-state index contributed by atoms with van der Waals surface area (Å²) >= 11 is 2.06. The lowest BCUT2D eigenvalue weighted by Crippen LogP contribution is -2.44. The average Bonchev–Trinajstić information content (AvgIpc) is 2.02. The smallest absolute Gasteiger partial charge is 0.0231 e. The molecule has 1 rings (SSSR count). The molecule has 3 heteroatoms. The van der Waals surface area contributed by atoms with E-state index in [4.69, 9.17) is 5.73 Å². The van der Waals surface area contributed by atoms with E-state index in [1.807, 2.05) is 0 Å². The van der Waals surface area contributed by atoms with Gasteiger partial charge in [-0.3, -0.25) is 4.90 Å². The van der Waals surface area contributed by atoms with Gasteiger partial charge in [-0.05, 0) is 19.4 Å². The fourth-order valence-electron chi connectivity index (χ4n) is 1.63. The van der Waals surface area contributed by atoms with Crippen molar-refractivity contribution in [2.24, 2.45) is 5.73 Å². The third-order valence-electron chi connectivity index (χ3n) is 2.24. The molecule has 1 fully saturated rings. The molecule has 2 nitrogen and oxygen atoms in total. The van der Waals surface area contributed by atoms with Crippen LogP contribution in [-0.2, 0) is 0 Å². The third kappa shape index (κ3) is 3.71. The molecule has 0 aromatic rings. The summed E-state index contributed by atoms with van der Waals surface area (Å²) < 4.78 is 0.396. The van der Waals surface area contributed by atoms with Crippen molar-refractivity contribution < 1.29 is 0 Å². The molecule has 0 spiro atoms. The second kappa shape index (κ2) is 4.49. The van der Waals surface area contributed by atoms with Crippen molar-refractivity contribution in [1.29, 1.82) is 0 Å². The maximum Gasteiger partial charge on any atom is 0.0231 e. The van der Waals surface area contributed by atoms with Gasteiger partial charge in [-0.25, -0.2) is 0 Å². The van der Waals surface area contributed by atoms with Crippen LogP contribution in [0.2, 0.25) is 0 Å². The summed E-state index contributed by atoms with van der Waals surface area (Å²) in [6.45, 7) is 12.5. The van der Waals surface area contributed by atoms with Crippen LogP contribution in [0, 0.1) is 0 Å². The van der Waals surface area contributed by atoms with E-state index in [-0.39, 0.29) is 0 Å². The van der Waals surface area contributed by atoms with Gasteiger partial charge in [0.1, 0.15) is 0 Å². The van der Waals surface area contributed by atoms with Gasteiger partial charge in [-0.2, -0.15) is 11.8 Å². The number of nitrogens with two attached hydrogens (primary N) is 1. The highest BCUT2D eigenvalue weighted by Crippen LogP contribution is 2.29. The lowest BCUT2D eigenvalue weighted by atomic mass is 10.1. The van der Waals surface area contributed by atoms with Crippen molar-refractivity contribution in [2.75, 3.05) is 31.9 Å². The molecule has 1 saturated heterocycles. The highest BCUT2D eigenvalue weighted by molar-refractivity contribution is 8.00. The van der Waals surface area contributed by atoms with Gasteiger partial charge >= 0.3 is 0 Å². The van der Waals surface area contributed by atoms with Crippen LogP contribution in [0.5, 0.6) is 0 Å². The molecular weight excluding hydrogens is 180 g/mol. The lowest BCUT2D eigenvalue weighted by molar-refractivity contribution is 0.280. The molecule has 2 N–H and O–H groups in total. The normalized spacial score (nSPS) is 23.0. The number of hydrogen-bond acceptors (Lipinski definition) is 3. The number of rotatable bonds is 3. The largest absolute Gasteiger partial charge is 0.327 e. The van der Waals surface area contributed by atoms with E-state index in [0.29, 0.717) is 11.3 Å². The van der Waals surface area contributed by atoms with Crippen molar-refractivity contribution in [3.05, 3.63) is 12.2 Å². The lowest BCUT2D eigenvalue weighted by Gasteiger charge is -2.37. The summed E-state index contributed by atoms with van der Waals surface area (Å²) in [4.78, 5) is 2.45. The monoisotopic (exact) mass is 200 g/mol. The van der Waals surface area contributed by atoms with Crippen LogP contribution in [0.3, 0.4) is 0 Å². The van der Waals surface area contributed by atoms with Gasteiger partial charge in [0.15, 0.2) is 0 Å². The Bertz CT molecular complexity index is 189. The van der Waals surface area contributed by atoms with Crippen LogP contribution < -0.4 is 5.73 Å². The molecule has 1 aliphatic rings. The van der Waals surface area contributed by atoms with Crippen molar-refractivity contribution in [2.45, 2.75) is 18.6 Å². The van der Waals surface area contributed by atoms with Gasteiger partial charge in [0, 0.05) is 36.7 Å². The summed E-state index contributed by atoms with van der Waals surface area (Å²) in [5.41, 5.74) is 6.67. The van der Waals surface area contributed by atoms with E-state index in [1.54, 1.807) is 0 Å². The van der Waals surface area contributed by atoms with Gasteiger partial charge in [0.05, 0.1) is 0 Å². The predicted molar refractivity (Wildman–Crippen MR) is 61.2 cm³/mol. The Balaban J connectivity index is 2.39. The summed E-state index contributed by atoms with van der Waals surface area (Å²) in [6.07, 6.45) is 0. The third-order valence-corrected chi connectivity index (χ3v) is 3.54. The van der Waals surface area contributed by atoms with Gasteiger partial charge in [-0.1, -0.05) is 6.58 Å². The fourth-order valence-corrected chi connectivity index (χ4v) is 2.81. The summed E-state index contributed by atoms with van der Waals surface area (Å²) in [5, 5.41) is 0.